The minimum atomic E-state index is -0.881. The maximum atomic E-state index is 13.7. The van der Waals surface area contributed by atoms with E-state index >= 15 is 0 Å². The van der Waals surface area contributed by atoms with E-state index < -0.39 is 29.6 Å². The second-order valence-electron chi connectivity index (χ2n) is 11.1. The molecule has 1 fully saturated rings. The minimum Gasteiger partial charge on any atom is -0.502 e. The van der Waals surface area contributed by atoms with E-state index in [0.717, 1.165) is 5.57 Å². The number of allylic oxidation sites excluding steroid dienone is 7. The highest BCUT2D eigenvalue weighted by Crippen LogP contribution is 2.53. The molecule has 0 aromatic heterocycles. The van der Waals surface area contributed by atoms with Gasteiger partial charge < -0.3 is 19.7 Å². The molecule has 10 nitrogen and oxygen atoms in total. The van der Waals surface area contributed by atoms with Gasteiger partial charge in [-0.25, -0.2) is 0 Å². The molecule has 1 aliphatic heterocycles. The number of Topliss-reactive ketones (excluding diaryl/α,β-unsaturated/α-hetero) is 1. The summed E-state index contributed by atoms with van der Waals surface area (Å²) >= 11 is 3.22. The first kappa shape index (κ1) is 30.5. The van der Waals surface area contributed by atoms with Crippen molar-refractivity contribution in [3.63, 3.8) is 0 Å². The van der Waals surface area contributed by atoms with Crippen LogP contribution in [-0.4, -0.2) is 65.2 Å². The number of methoxy groups -OCH3 is 2. The number of unbranched alkanes of at least 4 members (excludes halogenated alkanes) is 2. The molecule has 1 heterocycles. The number of carboxylic acid groups (broad SMARTS) is 1. The Labute approximate surface area is 256 Å². The van der Waals surface area contributed by atoms with Gasteiger partial charge in [-0.2, -0.15) is 0 Å². The van der Waals surface area contributed by atoms with Crippen LogP contribution in [0.1, 0.15) is 44.1 Å². The number of likely N-dealkylation sites (tertiary alicyclic amines) is 1. The fourth-order valence-electron chi connectivity index (χ4n) is 6.71. The number of aliphatic carboxylic acids is 1. The number of carbonyl (C=O) groups is 5. The summed E-state index contributed by atoms with van der Waals surface area (Å²) in [7, 11) is 2.84. The molecular weight excluding hydrogens is 622 g/mol. The Morgan fingerprint density at radius 2 is 1.74 bits per heavy atom. The summed E-state index contributed by atoms with van der Waals surface area (Å²) in [6.45, 7) is 0.222. The third kappa shape index (κ3) is 5.58. The highest BCUT2D eigenvalue weighted by Gasteiger charge is 2.55. The zero-order valence-electron chi connectivity index (χ0n) is 23.8. The van der Waals surface area contributed by atoms with Crippen molar-refractivity contribution in [2.75, 3.05) is 20.8 Å². The lowest BCUT2D eigenvalue weighted by molar-refractivity contribution is -0.141. The van der Waals surface area contributed by atoms with Crippen LogP contribution in [0, 0.1) is 23.7 Å². The number of carbonyl (C=O) groups excluding carboxylic acids is 4. The highest BCUT2D eigenvalue weighted by atomic mass is 79.9. The van der Waals surface area contributed by atoms with Crippen LogP contribution in [0.25, 0.3) is 6.08 Å². The minimum absolute atomic E-state index is 0.0370. The van der Waals surface area contributed by atoms with E-state index in [0.29, 0.717) is 42.4 Å². The number of phenolic OH excluding ortho intramolecular Hbond substituents is 1. The van der Waals surface area contributed by atoms with Crippen LogP contribution < -0.4 is 9.47 Å². The Bertz CT molecular complexity index is 1510. The average molecular weight is 655 g/mol. The first-order valence-electron chi connectivity index (χ1n) is 14.2. The Morgan fingerprint density at radius 1 is 1.05 bits per heavy atom. The Kier molecular flexibility index (Phi) is 8.73. The molecular formula is C32H32BrNO9. The summed E-state index contributed by atoms with van der Waals surface area (Å²) in [5.74, 6) is -4.02. The predicted molar refractivity (Wildman–Crippen MR) is 158 cm³/mol. The molecule has 2 N–H and O–H groups in total. The highest BCUT2D eigenvalue weighted by molar-refractivity contribution is 9.12. The van der Waals surface area contributed by atoms with Crippen LogP contribution in [0.5, 0.6) is 17.2 Å². The number of carboxylic acids is 1. The van der Waals surface area contributed by atoms with Gasteiger partial charge in [0.25, 0.3) is 0 Å². The van der Waals surface area contributed by atoms with Gasteiger partial charge in [0.05, 0.1) is 30.5 Å². The number of ketones is 2. The third-order valence-corrected chi connectivity index (χ3v) is 9.32. The molecule has 43 heavy (non-hydrogen) atoms. The largest absolute Gasteiger partial charge is 0.502 e. The Balaban J connectivity index is 1.48. The van der Waals surface area contributed by atoms with Crippen LogP contribution in [0.15, 0.2) is 51.6 Å². The molecule has 0 bridgehead atoms. The van der Waals surface area contributed by atoms with Crippen molar-refractivity contribution in [2.45, 2.75) is 38.5 Å². The van der Waals surface area contributed by atoms with Gasteiger partial charge in [-0.05, 0) is 65.2 Å². The van der Waals surface area contributed by atoms with E-state index in [-0.39, 0.29) is 64.5 Å². The summed E-state index contributed by atoms with van der Waals surface area (Å²) < 4.78 is 10.7. The van der Waals surface area contributed by atoms with E-state index in [1.807, 2.05) is 6.08 Å². The van der Waals surface area contributed by atoms with Gasteiger partial charge in [-0.3, -0.25) is 28.9 Å². The quantitative estimate of drug-likeness (QED) is 0.163. The van der Waals surface area contributed by atoms with Crippen molar-refractivity contribution in [2.24, 2.45) is 23.7 Å². The Morgan fingerprint density at radius 3 is 2.40 bits per heavy atom. The number of halogens is 1. The number of hydrogen-bond donors (Lipinski definition) is 2. The molecule has 1 aromatic carbocycles. The van der Waals surface area contributed by atoms with E-state index in [1.54, 1.807) is 24.3 Å². The van der Waals surface area contributed by atoms with Crippen LogP contribution in [0.2, 0.25) is 0 Å². The van der Waals surface area contributed by atoms with E-state index in [9.17, 15) is 29.1 Å². The predicted octanol–water partition coefficient (Wildman–Crippen LogP) is 4.36. The molecule has 4 atom stereocenters. The topological polar surface area (TPSA) is 148 Å². The number of imide groups is 1. The number of aromatic hydroxyl groups is 1. The summed E-state index contributed by atoms with van der Waals surface area (Å²) in [4.78, 5) is 65.8. The molecule has 1 saturated heterocycles. The lowest BCUT2D eigenvalue weighted by atomic mass is 9.61. The summed E-state index contributed by atoms with van der Waals surface area (Å²) in [5.41, 5.74) is 2.14. The zero-order valence-corrected chi connectivity index (χ0v) is 25.4. The number of rotatable bonds is 10. The average Bonchev–Trinajstić information content (AvgIpc) is 3.23. The fraction of sp³-hybridized carbons (Fsp3) is 0.406. The second kappa shape index (κ2) is 12.3. The summed E-state index contributed by atoms with van der Waals surface area (Å²) in [6.07, 6.45) is 8.89. The Hall–Kier alpha value is -3.99. The normalized spacial score (nSPS) is 25.0. The van der Waals surface area contributed by atoms with Gasteiger partial charge in [0.2, 0.25) is 17.6 Å². The number of nitrogens with zero attached hydrogens (tertiary/aromatic N) is 1. The van der Waals surface area contributed by atoms with Crippen molar-refractivity contribution in [1.29, 1.82) is 0 Å². The van der Waals surface area contributed by atoms with Crippen LogP contribution >= 0.6 is 15.9 Å². The van der Waals surface area contributed by atoms with E-state index in [4.69, 9.17) is 14.6 Å². The first-order chi connectivity index (χ1) is 20.6. The van der Waals surface area contributed by atoms with E-state index in [2.05, 4.69) is 15.9 Å². The van der Waals surface area contributed by atoms with Gasteiger partial charge in [0, 0.05) is 36.1 Å². The van der Waals surface area contributed by atoms with Crippen LogP contribution in [-0.2, 0) is 24.0 Å². The van der Waals surface area contributed by atoms with Crippen LogP contribution in [0.3, 0.4) is 0 Å². The lowest BCUT2D eigenvalue weighted by Gasteiger charge is -2.41. The zero-order chi connectivity index (χ0) is 31.0. The van der Waals surface area contributed by atoms with Crippen LogP contribution in [0.4, 0.5) is 0 Å². The van der Waals surface area contributed by atoms with Crippen molar-refractivity contribution in [3.05, 3.63) is 57.1 Å². The van der Waals surface area contributed by atoms with Gasteiger partial charge in [-0.15, -0.1) is 0 Å². The summed E-state index contributed by atoms with van der Waals surface area (Å²) in [5, 5.41) is 19.2. The molecule has 1 aromatic rings. The number of fused-ring (bicyclic) bond motifs is 3. The standard InChI is InChI=1S/C32H32BrNO9/c1-42-24-12-16(13-25(43-2)30(24)39)7-8-18-17-9-10-19-28(20(17)14-21-27(18)23(35)15-22(33)29(21)38)32(41)34(31(19)40)11-5-3-4-6-26(36)37/h7-9,12-13,15,18-20,28,39H,3-6,10-11,14H2,1-2H3,(H,36,37). The molecule has 4 unspecified atom stereocenters. The molecule has 5 rings (SSSR count). The molecule has 0 radical (unpaired) electrons. The maximum Gasteiger partial charge on any atom is 0.303 e. The van der Waals surface area contributed by atoms with Crippen molar-refractivity contribution in [3.8, 4) is 17.2 Å². The van der Waals surface area contributed by atoms with Crippen molar-refractivity contribution >= 4 is 51.4 Å². The van der Waals surface area contributed by atoms with Gasteiger partial charge >= 0.3 is 5.97 Å². The molecule has 3 aliphatic carbocycles. The third-order valence-electron chi connectivity index (χ3n) is 8.73. The molecule has 226 valence electrons. The molecule has 0 saturated carbocycles. The lowest BCUT2D eigenvalue weighted by Crippen LogP contribution is -2.40. The number of ether oxygens (including phenoxy) is 2. The molecule has 11 heteroatoms. The fourth-order valence-corrected chi connectivity index (χ4v) is 7.16. The van der Waals surface area contributed by atoms with Crippen molar-refractivity contribution in [1.82, 2.24) is 4.90 Å². The monoisotopic (exact) mass is 653 g/mol. The van der Waals surface area contributed by atoms with E-state index in [1.165, 1.54) is 25.2 Å². The maximum absolute atomic E-state index is 13.7. The second-order valence-corrected chi connectivity index (χ2v) is 12.0. The SMILES string of the molecule is COc1cc(C=CC2C3=CCC4C(=O)N(CCCCCC(=O)O)C(=O)C4C3CC3=C2C(=O)C=C(Br)C3=O)cc(OC)c1O. The smallest absolute Gasteiger partial charge is 0.303 e. The molecule has 0 spiro atoms. The van der Waals surface area contributed by atoms with Gasteiger partial charge in [0.15, 0.2) is 23.1 Å². The number of phenols is 1. The van der Waals surface area contributed by atoms with Gasteiger partial charge in [-0.1, -0.05) is 30.2 Å². The van der Waals surface area contributed by atoms with Gasteiger partial charge in [0.1, 0.15) is 0 Å². The molecule has 2 amide bonds. The number of hydrogen-bond acceptors (Lipinski definition) is 8. The first-order valence-corrected chi connectivity index (χ1v) is 15.0. The molecule has 4 aliphatic rings. The van der Waals surface area contributed by atoms with Crippen molar-refractivity contribution < 1.29 is 43.7 Å². The number of benzene rings is 1. The summed E-state index contributed by atoms with van der Waals surface area (Å²) in [6, 6.07) is 3.24. The number of amides is 2.